The number of alkyl halides is 1. The van der Waals surface area contributed by atoms with Crippen LogP contribution >= 0.6 is 11.6 Å². The predicted octanol–water partition coefficient (Wildman–Crippen LogP) is 2.53. The summed E-state index contributed by atoms with van der Waals surface area (Å²) in [6, 6.07) is 8.15. The Labute approximate surface area is 98.4 Å². The Morgan fingerprint density at radius 3 is 2.31 bits per heavy atom. The Morgan fingerprint density at radius 2 is 1.94 bits per heavy atom. The highest BCUT2D eigenvalue weighted by Crippen LogP contribution is 2.24. The molecule has 0 saturated heterocycles. The van der Waals surface area contributed by atoms with Gasteiger partial charge in [-0.3, -0.25) is 14.9 Å². The number of Topliss-reactive ketones (excluding diaryl/α,β-unsaturated/α-hetero) is 1. The maximum absolute atomic E-state index is 12.0. The van der Waals surface area contributed by atoms with E-state index >= 15 is 0 Å². The van der Waals surface area contributed by atoms with Gasteiger partial charge in [0, 0.05) is 17.4 Å². The monoisotopic (exact) mass is 241 g/mol. The zero-order valence-corrected chi connectivity index (χ0v) is 9.77. The first-order valence-corrected chi connectivity index (χ1v) is 5.22. The molecule has 86 valence electrons. The number of hydrogen-bond donors (Lipinski definition) is 0. The van der Waals surface area contributed by atoms with Crippen molar-refractivity contribution >= 4 is 17.4 Å². The molecule has 0 bridgehead atoms. The zero-order chi connectivity index (χ0) is 12.3. The lowest BCUT2D eigenvalue weighted by molar-refractivity contribution is -0.544. The first-order valence-electron chi connectivity index (χ1n) is 4.79. The summed E-state index contributed by atoms with van der Waals surface area (Å²) >= 11 is 5.76. The Hall–Kier alpha value is -1.42. The van der Waals surface area contributed by atoms with Gasteiger partial charge in [0.05, 0.1) is 0 Å². The van der Waals surface area contributed by atoms with Crippen LogP contribution in [0.25, 0.3) is 0 Å². The Bertz CT molecular complexity index is 405. The smallest absolute Gasteiger partial charge is 0.286 e. The third-order valence-electron chi connectivity index (χ3n) is 2.65. The molecule has 0 aromatic heterocycles. The molecule has 2 unspecified atom stereocenters. The highest BCUT2D eigenvalue weighted by Gasteiger charge is 2.50. The highest BCUT2D eigenvalue weighted by atomic mass is 35.5. The summed E-state index contributed by atoms with van der Waals surface area (Å²) < 4.78 is 0. The van der Waals surface area contributed by atoms with Gasteiger partial charge in [0.1, 0.15) is 5.38 Å². The van der Waals surface area contributed by atoms with Gasteiger partial charge in [-0.15, -0.1) is 11.6 Å². The highest BCUT2D eigenvalue weighted by molar-refractivity contribution is 6.24. The van der Waals surface area contributed by atoms with E-state index in [0.717, 1.165) is 0 Å². The largest absolute Gasteiger partial charge is 0.296 e. The van der Waals surface area contributed by atoms with Crippen molar-refractivity contribution in [3.8, 4) is 0 Å². The number of carbonyl (C=O) groups is 1. The fourth-order valence-electron chi connectivity index (χ4n) is 1.29. The average Bonchev–Trinajstić information content (AvgIpc) is 2.27. The lowest BCUT2D eigenvalue weighted by Crippen LogP contribution is -2.50. The van der Waals surface area contributed by atoms with Crippen LogP contribution in [0.2, 0.25) is 0 Å². The molecular formula is C11H12ClNO3. The van der Waals surface area contributed by atoms with Crippen LogP contribution in [0.1, 0.15) is 24.2 Å². The molecule has 5 heteroatoms. The second kappa shape index (κ2) is 4.61. The fourth-order valence-corrected chi connectivity index (χ4v) is 1.47. The molecule has 2 atom stereocenters. The van der Waals surface area contributed by atoms with Gasteiger partial charge in [-0.25, -0.2) is 0 Å². The van der Waals surface area contributed by atoms with Gasteiger partial charge in [0.2, 0.25) is 5.78 Å². The minimum absolute atomic E-state index is 0.300. The Kier molecular flexibility index (Phi) is 3.65. The van der Waals surface area contributed by atoms with Crippen LogP contribution in [0.5, 0.6) is 0 Å². The van der Waals surface area contributed by atoms with Crippen LogP contribution in [0, 0.1) is 10.1 Å². The predicted molar refractivity (Wildman–Crippen MR) is 61.5 cm³/mol. The lowest BCUT2D eigenvalue weighted by Gasteiger charge is -2.21. The van der Waals surface area contributed by atoms with Crippen molar-refractivity contribution in [1.82, 2.24) is 0 Å². The summed E-state index contributed by atoms with van der Waals surface area (Å²) in [7, 11) is 0. The van der Waals surface area contributed by atoms with Crippen LogP contribution in [-0.2, 0) is 0 Å². The molecule has 0 radical (unpaired) electrons. The maximum atomic E-state index is 12.0. The second-order valence-electron chi connectivity index (χ2n) is 3.72. The lowest BCUT2D eigenvalue weighted by atomic mass is 9.89. The van der Waals surface area contributed by atoms with E-state index in [2.05, 4.69) is 0 Å². The van der Waals surface area contributed by atoms with Gasteiger partial charge < -0.3 is 0 Å². The van der Waals surface area contributed by atoms with E-state index in [9.17, 15) is 14.9 Å². The Morgan fingerprint density at radius 1 is 1.44 bits per heavy atom. The van der Waals surface area contributed by atoms with Crippen molar-refractivity contribution in [2.75, 3.05) is 0 Å². The van der Waals surface area contributed by atoms with Gasteiger partial charge >= 0.3 is 0 Å². The molecule has 0 spiro atoms. The molecule has 0 amide bonds. The topological polar surface area (TPSA) is 60.2 Å². The minimum Gasteiger partial charge on any atom is -0.286 e. The van der Waals surface area contributed by atoms with Crippen LogP contribution in [-0.4, -0.2) is 21.6 Å². The number of benzene rings is 1. The number of carbonyl (C=O) groups excluding carboxylic acids is 1. The van der Waals surface area contributed by atoms with Gasteiger partial charge in [0.15, 0.2) is 0 Å². The molecule has 0 N–H and O–H groups in total. The van der Waals surface area contributed by atoms with Crippen LogP contribution in [0.4, 0.5) is 0 Å². The summed E-state index contributed by atoms with van der Waals surface area (Å²) in [5.74, 6) is -0.569. The van der Waals surface area contributed by atoms with E-state index in [1.165, 1.54) is 13.8 Å². The quantitative estimate of drug-likeness (QED) is 0.352. The van der Waals surface area contributed by atoms with Crippen molar-refractivity contribution < 1.29 is 9.72 Å². The maximum Gasteiger partial charge on any atom is 0.296 e. The average molecular weight is 242 g/mol. The van der Waals surface area contributed by atoms with E-state index in [1.807, 2.05) is 0 Å². The standard InChI is InChI=1S/C11H12ClNO3/c1-8(12)11(2,13(15)16)10(14)9-6-4-3-5-7-9/h3-8H,1-2H3. The number of hydrogen-bond acceptors (Lipinski definition) is 3. The van der Waals surface area contributed by atoms with E-state index in [4.69, 9.17) is 11.6 Å². The molecule has 0 aliphatic heterocycles. The van der Waals surface area contributed by atoms with E-state index in [1.54, 1.807) is 30.3 Å². The van der Waals surface area contributed by atoms with Gasteiger partial charge in [-0.05, 0) is 6.92 Å². The van der Waals surface area contributed by atoms with Crippen molar-refractivity contribution in [3.05, 3.63) is 46.0 Å². The summed E-state index contributed by atoms with van der Waals surface area (Å²) in [6.07, 6.45) is 0. The molecule has 0 fully saturated rings. The molecule has 1 rings (SSSR count). The van der Waals surface area contributed by atoms with Crippen LogP contribution in [0.15, 0.2) is 30.3 Å². The third kappa shape index (κ3) is 2.07. The van der Waals surface area contributed by atoms with Gasteiger partial charge in [-0.1, -0.05) is 30.3 Å². The number of nitro groups is 1. The minimum atomic E-state index is -1.79. The number of rotatable bonds is 4. The molecule has 1 aromatic rings. The van der Waals surface area contributed by atoms with Gasteiger partial charge in [0.25, 0.3) is 5.54 Å². The Balaban J connectivity index is 3.17. The SMILES string of the molecule is CC(Cl)C(C)(C(=O)c1ccccc1)[N+](=O)[O-]. The number of ketones is 1. The molecule has 0 aliphatic rings. The molecule has 16 heavy (non-hydrogen) atoms. The molecule has 4 nitrogen and oxygen atoms in total. The fraction of sp³-hybridized carbons (Fsp3) is 0.364. The first-order chi connectivity index (χ1) is 7.40. The van der Waals surface area contributed by atoms with Crippen molar-refractivity contribution in [2.24, 2.45) is 0 Å². The molecule has 0 aliphatic carbocycles. The molecule has 1 aromatic carbocycles. The van der Waals surface area contributed by atoms with Gasteiger partial charge in [-0.2, -0.15) is 0 Å². The second-order valence-corrected chi connectivity index (χ2v) is 4.37. The normalized spacial score (nSPS) is 16.2. The number of halogens is 1. The molecule has 0 saturated carbocycles. The summed E-state index contributed by atoms with van der Waals surface area (Å²) in [4.78, 5) is 22.4. The van der Waals surface area contributed by atoms with E-state index < -0.39 is 21.6 Å². The summed E-state index contributed by atoms with van der Waals surface area (Å²) in [6.45, 7) is 2.70. The number of nitrogens with zero attached hydrogens (tertiary/aromatic N) is 1. The molecule has 0 heterocycles. The summed E-state index contributed by atoms with van der Waals surface area (Å²) in [5, 5.41) is 10.1. The van der Waals surface area contributed by atoms with Crippen molar-refractivity contribution in [2.45, 2.75) is 24.8 Å². The summed E-state index contributed by atoms with van der Waals surface area (Å²) in [5.41, 5.74) is -1.49. The van der Waals surface area contributed by atoms with Crippen LogP contribution in [0.3, 0.4) is 0 Å². The first kappa shape index (κ1) is 12.6. The third-order valence-corrected chi connectivity index (χ3v) is 3.07. The van der Waals surface area contributed by atoms with Crippen molar-refractivity contribution in [1.29, 1.82) is 0 Å². The van der Waals surface area contributed by atoms with E-state index in [-0.39, 0.29) is 0 Å². The van der Waals surface area contributed by atoms with Crippen molar-refractivity contribution in [3.63, 3.8) is 0 Å². The van der Waals surface area contributed by atoms with E-state index in [0.29, 0.717) is 5.56 Å². The zero-order valence-electron chi connectivity index (χ0n) is 9.01. The van der Waals surface area contributed by atoms with Crippen LogP contribution < -0.4 is 0 Å². The molecular weight excluding hydrogens is 230 g/mol.